The maximum Gasteiger partial charge on any atom is 0.338 e. The van der Waals surface area contributed by atoms with Crippen molar-refractivity contribution in [1.29, 1.82) is 0 Å². The van der Waals surface area contributed by atoms with Crippen LogP contribution in [0.25, 0.3) is 0 Å². The molecule has 1 aromatic carbocycles. The summed E-state index contributed by atoms with van der Waals surface area (Å²) < 4.78 is 5.24. The van der Waals surface area contributed by atoms with Crippen molar-refractivity contribution >= 4 is 53.3 Å². The molecule has 1 aromatic rings. The van der Waals surface area contributed by atoms with Crippen LogP contribution < -0.4 is 21.7 Å². The number of aliphatic hydroxyl groups is 1. The first kappa shape index (κ1) is 35.9. The summed E-state index contributed by atoms with van der Waals surface area (Å²) in [5, 5.41) is 55.9. The van der Waals surface area contributed by atoms with Gasteiger partial charge in [-0.1, -0.05) is 0 Å². The molecular formula is C27H35N5O13S. The molecule has 46 heavy (non-hydrogen) atoms. The Balaban J connectivity index is 1.90. The number of hydrogen-bond donors (Lipinski definition) is 9. The monoisotopic (exact) mass is 669 g/mol. The minimum atomic E-state index is -1.73. The van der Waals surface area contributed by atoms with Gasteiger partial charge in [0.15, 0.2) is 0 Å². The summed E-state index contributed by atoms with van der Waals surface area (Å²) in [4.78, 5) is 88.9. The van der Waals surface area contributed by atoms with E-state index in [2.05, 4.69) is 16.0 Å². The van der Waals surface area contributed by atoms with Crippen molar-refractivity contribution in [3.63, 3.8) is 0 Å². The Morgan fingerprint density at radius 3 is 2.50 bits per heavy atom. The highest BCUT2D eigenvalue weighted by Crippen LogP contribution is 2.31. The number of fused-ring (bicyclic) bond motifs is 1. The van der Waals surface area contributed by atoms with Crippen molar-refractivity contribution in [2.24, 2.45) is 5.73 Å². The first-order chi connectivity index (χ1) is 21.6. The quantitative estimate of drug-likeness (QED) is 0.120. The third-order valence-corrected chi connectivity index (χ3v) is 8.30. The average molecular weight is 670 g/mol. The molecule has 0 aliphatic carbocycles. The number of rotatable bonds is 9. The van der Waals surface area contributed by atoms with Gasteiger partial charge >= 0.3 is 17.9 Å². The maximum absolute atomic E-state index is 13.4. The first-order valence-corrected chi connectivity index (χ1v) is 15.2. The molecular weight excluding hydrogens is 634 g/mol. The van der Waals surface area contributed by atoms with Gasteiger partial charge in [0.2, 0.25) is 23.6 Å². The molecule has 2 heterocycles. The molecule has 3 rings (SSSR count). The number of hydrogen-bond acceptors (Lipinski definition) is 13. The summed E-state index contributed by atoms with van der Waals surface area (Å²) in [6.07, 6.45) is -2.13. The van der Waals surface area contributed by atoms with Gasteiger partial charge in [-0.2, -0.15) is 11.8 Å². The molecule has 0 radical (unpaired) electrons. The second kappa shape index (κ2) is 15.6. The predicted molar refractivity (Wildman–Crippen MR) is 156 cm³/mol. The standard InChI is InChI=1S/C27H35N5O13S/c1-11(26(42)43)29-23(39)17-10-46-9-14-13(6-12(33)7-19(14)35)27(44)45-8-16(22(38)31-17)30-24(40)21-18(34)4-5-32(21)25(41)15(28)2-3-20(36)37/h6-7,11,15-18,21,33-35H,2-5,8-10,28H2,1H3,(H,29,39)(H,30,40)(H,31,38)(H,36,37)(H,42,43)/t11-,15-,16-,17-,18-,21-/m0/s1. The first-order valence-electron chi connectivity index (χ1n) is 14.0. The van der Waals surface area contributed by atoms with Gasteiger partial charge in [-0.05, 0) is 25.8 Å². The third kappa shape index (κ3) is 8.98. The number of cyclic esters (lactones) is 1. The van der Waals surface area contributed by atoms with Crippen molar-refractivity contribution in [3.05, 3.63) is 23.3 Å². The number of nitrogens with zero attached hydrogens (tertiary/aromatic N) is 1. The number of carboxylic acids is 2. The zero-order valence-electron chi connectivity index (χ0n) is 24.5. The lowest BCUT2D eigenvalue weighted by atomic mass is 10.1. The van der Waals surface area contributed by atoms with Crippen LogP contribution in [-0.2, 0) is 39.3 Å². The highest BCUT2D eigenvalue weighted by Gasteiger charge is 2.43. The number of benzene rings is 1. The van der Waals surface area contributed by atoms with Gasteiger partial charge in [0, 0.05) is 36.1 Å². The summed E-state index contributed by atoms with van der Waals surface area (Å²) in [5.41, 5.74) is 5.59. The second-order valence-electron chi connectivity index (χ2n) is 10.7. The SMILES string of the molecule is C[C@H](NC(=O)[C@@H]1CSCc2c(O)cc(O)cc2C(=O)OC[C@H](NC(=O)[C@@H]2[C@@H](O)CCN2C(=O)[C@@H](N)CCC(=O)O)C(=O)N1)C(=O)O. The van der Waals surface area contributed by atoms with E-state index in [0.29, 0.717) is 0 Å². The van der Waals surface area contributed by atoms with Crippen molar-refractivity contribution in [1.82, 2.24) is 20.9 Å². The fraction of sp³-hybridized carbons (Fsp3) is 0.519. The number of ether oxygens (including phenoxy) is 1. The Labute approximate surface area is 265 Å². The molecule has 19 heteroatoms. The Morgan fingerprint density at radius 1 is 1.15 bits per heavy atom. The number of phenols is 2. The Bertz CT molecular complexity index is 1390. The number of nitrogens with one attached hydrogen (secondary N) is 3. The summed E-state index contributed by atoms with van der Waals surface area (Å²) in [6, 6.07) is -5.33. The minimum absolute atomic E-state index is 0.0285. The molecule has 0 bridgehead atoms. The second-order valence-corrected chi connectivity index (χ2v) is 11.7. The van der Waals surface area contributed by atoms with E-state index in [4.69, 9.17) is 15.6 Å². The summed E-state index contributed by atoms with van der Waals surface area (Å²) in [6.45, 7) is 0.227. The largest absolute Gasteiger partial charge is 0.508 e. The molecule has 1 saturated heterocycles. The van der Waals surface area contributed by atoms with Crippen LogP contribution in [-0.4, -0.2) is 127 Å². The molecule has 6 atom stereocenters. The van der Waals surface area contributed by atoms with Crippen LogP contribution >= 0.6 is 11.8 Å². The number of phenolic OH excluding ortho intramolecular Hbond substituents is 2. The lowest BCUT2D eigenvalue weighted by Crippen LogP contribution is -2.60. The Morgan fingerprint density at radius 2 is 1.85 bits per heavy atom. The molecule has 2 aliphatic rings. The number of carbonyl (C=O) groups is 7. The van der Waals surface area contributed by atoms with Gasteiger partial charge in [-0.25, -0.2) is 4.79 Å². The van der Waals surface area contributed by atoms with Gasteiger partial charge in [0.1, 0.15) is 42.3 Å². The number of carbonyl (C=O) groups excluding carboxylic acids is 5. The number of likely N-dealkylation sites (tertiary alicyclic amines) is 1. The Kier molecular flexibility index (Phi) is 12.2. The maximum atomic E-state index is 13.4. The molecule has 18 nitrogen and oxygen atoms in total. The molecule has 2 aliphatic heterocycles. The van der Waals surface area contributed by atoms with E-state index in [0.717, 1.165) is 28.8 Å². The molecule has 10 N–H and O–H groups in total. The van der Waals surface area contributed by atoms with Gasteiger partial charge in [0.05, 0.1) is 17.7 Å². The van der Waals surface area contributed by atoms with Gasteiger partial charge in [-0.15, -0.1) is 0 Å². The molecule has 4 amide bonds. The van der Waals surface area contributed by atoms with Crippen molar-refractivity contribution < 1.29 is 63.8 Å². The summed E-state index contributed by atoms with van der Waals surface area (Å²) in [5.74, 6) is -8.69. The lowest BCUT2D eigenvalue weighted by molar-refractivity contribution is -0.143. The normalized spacial score (nSPS) is 23.3. The highest BCUT2D eigenvalue weighted by atomic mass is 32.2. The molecule has 0 unspecified atom stereocenters. The van der Waals surface area contributed by atoms with Crippen LogP contribution in [0.3, 0.4) is 0 Å². The third-order valence-electron chi connectivity index (χ3n) is 7.24. The number of thioether (sulfide) groups is 1. The molecule has 0 saturated carbocycles. The van der Waals surface area contributed by atoms with Gasteiger partial charge in [0.25, 0.3) is 0 Å². The van der Waals surface area contributed by atoms with E-state index >= 15 is 0 Å². The molecule has 252 valence electrons. The van der Waals surface area contributed by atoms with Gasteiger partial charge < -0.3 is 56.9 Å². The van der Waals surface area contributed by atoms with Crippen LogP contribution in [0.1, 0.15) is 42.1 Å². The van der Waals surface area contributed by atoms with Gasteiger partial charge in [-0.3, -0.25) is 28.8 Å². The zero-order chi connectivity index (χ0) is 34.3. The van der Waals surface area contributed by atoms with E-state index in [1.165, 1.54) is 6.92 Å². The topological polar surface area (TPSA) is 295 Å². The lowest BCUT2D eigenvalue weighted by Gasteiger charge is -2.30. The number of aromatic hydroxyl groups is 2. The minimum Gasteiger partial charge on any atom is -0.508 e. The van der Waals surface area contributed by atoms with Crippen molar-refractivity contribution in [3.8, 4) is 11.5 Å². The van der Waals surface area contributed by atoms with Crippen LogP contribution in [0.4, 0.5) is 0 Å². The number of aliphatic hydroxyl groups excluding tert-OH is 1. The number of nitrogens with two attached hydrogens (primary N) is 1. The van der Waals surface area contributed by atoms with E-state index in [9.17, 15) is 54.0 Å². The summed E-state index contributed by atoms with van der Waals surface area (Å²) in [7, 11) is 0. The van der Waals surface area contributed by atoms with Crippen LogP contribution in [0.5, 0.6) is 11.5 Å². The fourth-order valence-electron chi connectivity index (χ4n) is 4.72. The Hall–Kier alpha value is -4.62. The predicted octanol–water partition coefficient (Wildman–Crippen LogP) is -2.79. The molecule has 1 fully saturated rings. The van der Waals surface area contributed by atoms with Crippen LogP contribution in [0, 0.1) is 0 Å². The van der Waals surface area contributed by atoms with Crippen LogP contribution in [0.15, 0.2) is 12.1 Å². The summed E-state index contributed by atoms with van der Waals surface area (Å²) >= 11 is 0.969. The molecule has 0 spiro atoms. The number of amides is 4. The number of carboxylic acid groups (broad SMARTS) is 2. The number of esters is 1. The highest BCUT2D eigenvalue weighted by molar-refractivity contribution is 7.98. The van der Waals surface area contributed by atoms with E-state index in [1.54, 1.807) is 0 Å². The van der Waals surface area contributed by atoms with Crippen molar-refractivity contribution in [2.45, 2.75) is 68.3 Å². The average Bonchev–Trinajstić information content (AvgIpc) is 3.37. The molecule has 0 aromatic heterocycles. The van der Waals surface area contributed by atoms with E-state index in [-0.39, 0.29) is 42.0 Å². The van der Waals surface area contributed by atoms with Crippen molar-refractivity contribution in [2.75, 3.05) is 18.9 Å². The number of aliphatic carboxylic acids is 2. The zero-order valence-corrected chi connectivity index (χ0v) is 25.3. The van der Waals surface area contributed by atoms with E-state index < -0.39 is 102 Å². The van der Waals surface area contributed by atoms with E-state index in [1.807, 2.05) is 0 Å². The fourth-order valence-corrected chi connectivity index (χ4v) is 5.81. The van der Waals surface area contributed by atoms with Crippen LogP contribution in [0.2, 0.25) is 0 Å². The smallest absolute Gasteiger partial charge is 0.338 e.